The summed E-state index contributed by atoms with van der Waals surface area (Å²) in [5, 5.41) is 3.75. The van der Waals surface area contributed by atoms with Crippen LogP contribution in [0.25, 0.3) is 0 Å². The van der Waals surface area contributed by atoms with Crippen LogP contribution in [-0.2, 0) is 4.74 Å². The fourth-order valence-corrected chi connectivity index (χ4v) is 3.17. The number of rotatable bonds is 7. The molecule has 1 N–H and O–H groups in total. The van der Waals surface area contributed by atoms with E-state index in [-0.39, 0.29) is 11.5 Å². The minimum absolute atomic E-state index is 0.185. The van der Waals surface area contributed by atoms with Gasteiger partial charge in [-0.05, 0) is 33.3 Å². The molecule has 0 spiro atoms. The zero-order chi connectivity index (χ0) is 15.5. The van der Waals surface area contributed by atoms with E-state index in [9.17, 15) is 0 Å². The molecule has 0 heterocycles. The van der Waals surface area contributed by atoms with Crippen LogP contribution in [0, 0.1) is 5.41 Å². The van der Waals surface area contributed by atoms with Gasteiger partial charge >= 0.3 is 0 Å². The van der Waals surface area contributed by atoms with E-state index in [4.69, 9.17) is 9.47 Å². The molecule has 3 atom stereocenters. The number of para-hydroxylation sites is 1. The Morgan fingerprint density at radius 2 is 1.95 bits per heavy atom. The van der Waals surface area contributed by atoms with E-state index in [1.165, 1.54) is 5.56 Å². The molecule has 2 rings (SSSR count). The van der Waals surface area contributed by atoms with Crippen LogP contribution >= 0.6 is 0 Å². The molecule has 3 nitrogen and oxygen atoms in total. The van der Waals surface area contributed by atoms with E-state index < -0.39 is 0 Å². The van der Waals surface area contributed by atoms with Gasteiger partial charge in [0, 0.05) is 29.7 Å². The van der Waals surface area contributed by atoms with Gasteiger partial charge in [0.2, 0.25) is 0 Å². The molecule has 0 bridgehead atoms. The summed E-state index contributed by atoms with van der Waals surface area (Å²) in [6.07, 6.45) is 1.46. The van der Waals surface area contributed by atoms with Crippen LogP contribution < -0.4 is 10.1 Å². The van der Waals surface area contributed by atoms with Crippen molar-refractivity contribution in [3.05, 3.63) is 29.8 Å². The predicted molar refractivity (Wildman–Crippen MR) is 86.8 cm³/mol. The maximum absolute atomic E-state index is 5.81. The average Bonchev–Trinajstić information content (AvgIpc) is 2.47. The van der Waals surface area contributed by atoms with Gasteiger partial charge in [0.15, 0.2) is 0 Å². The van der Waals surface area contributed by atoms with Crippen LogP contribution in [0.1, 0.15) is 52.6 Å². The first-order valence-corrected chi connectivity index (χ1v) is 8.10. The molecule has 0 aliphatic heterocycles. The fourth-order valence-electron chi connectivity index (χ4n) is 3.17. The largest absolute Gasteiger partial charge is 0.494 e. The van der Waals surface area contributed by atoms with E-state index >= 15 is 0 Å². The van der Waals surface area contributed by atoms with Gasteiger partial charge in [-0.15, -0.1) is 0 Å². The Hall–Kier alpha value is -1.06. The molecule has 118 valence electrons. The number of hydrogen-bond donors (Lipinski definition) is 1. The molecule has 3 unspecified atom stereocenters. The Balaban J connectivity index is 2.01. The van der Waals surface area contributed by atoms with Gasteiger partial charge in [-0.1, -0.05) is 32.0 Å². The first kappa shape index (κ1) is 16.3. The molecule has 0 amide bonds. The first-order chi connectivity index (χ1) is 10.0. The van der Waals surface area contributed by atoms with Crippen LogP contribution in [0.3, 0.4) is 0 Å². The minimum Gasteiger partial charge on any atom is -0.494 e. The second-order valence-corrected chi connectivity index (χ2v) is 6.41. The quantitative estimate of drug-likeness (QED) is 0.825. The van der Waals surface area contributed by atoms with Gasteiger partial charge < -0.3 is 14.8 Å². The summed E-state index contributed by atoms with van der Waals surface area (Å²) in [5.74, 6) is 0.985. The molecule has 0 aromatic heterocycles. The van der Waals surface area contributed by atoms with Crippen molar-refractivity contribution < 1.29 is 9.47 Å². The lowest BCUT2D eigenvalue weighted by molar-refractivity contribution is -0.116. The Morgan fingerprint density at radius 1 is 1.24 bits per heavy atom. The summed E-state index contributed by atoms with van der Waals surface area (Å²) in [5.41, 5.74) is 1.42. The molecule has 1 aliphatic rings. The highest BCUT2D eigenvalue weighted by Crippen LogP contribution is 2.44. The van der Waals surface area contributed by atoms with Crippen LogP contribution in [0.4, 0.5) is 0 Å². The lowest BCUT2D eigenvalue weighted by atomic mass is 9.64. The number of nitrogens with one attached hydrogen (secondary N) is 1. The van der Waals surface area contributed by atoms with Gasteiger partial charge in [0.25, 0.3) is 0 Å². The van der Waals surface area contributed by atoms with Gasteiger partial charge in [0.1, 0.15) is 5.75 Å². The van der Waals surface area contributed by atoms with Crippen molar-refractivity contribution in [1.82, 2.24) is 5.32 Å². The van der Waals surface area contributed by atoms with Crippen molar-refractivity contribution in [2.45, 2.75) is 59.2 Å². The Labute approximate surface area is 129 Å². The summed E-state index contributed by atoms with van der Waals surface area (Å²) in [6.45, 7) is 12.4. The first-order valence-electron chi connectivity index (χ1n) is 8.10. The third-order valence-corrected chi connectivity index (χ3v) is 4.68. The van der Waals surface area contributed by atoms with Crippen molar-refractivity contribution in [1.29, 1.82) is 0 Å². The maximum Gasteiger partial charge on any atom is 0.124 e. The average molecular weight is 291 g/mol. The summed E-state index contributed by atoms with van der Waals surface area (Å²) in [4.78, 5) is 0. The molecule has 1 aromatic rings. The number of hydrogen-bond acceptors (Lipinski definition) is 3. The van der Waals surface area contributed by atoms with Crippen molar-refractivity contribution in [2.75, 3.05) is 13.2 Å². The van der Waals surface area contributed by atoms with E-state index in [0.29, 0.717) is 18.8 Å². The summed E-state index contributed by atoms with van der Waals surface area (Å²) >= 11 is 0. The summed E-state index contributed by atoms with van der Waals surface area (Å²) in [6, 6.07) is 9.06. The highest BCUT2D eigenvalue weighted by atomic mass is 16.5. The summed E-state index contributed by atoms with van der Waals surface area (Å²) < 4.78 is 11.5. The van der Waals surface area contributed by atoms with Gasteiger partial charge in [-0.2, -0.15) is 0 Å². The number of benzene rings is 1. The zero-order valence-electron chi connectivity index (χ0n) is 14.0. The Kier molecular flexibility index (Phi) is 5.28. The fraction of sp³-hybridized carbons (Fsp3) is 0.667. The third kappa shape index (κ3) is 3.41. The Bertz CT molecular complexity index is 458. The van der Waals surface area contributed by atoms with Gasteiger partial charge in [0.05, 0.1) is 12.7 Å². The molecule has 0 radical (unpaired) electrons. The van der Waals surface area contributed by atoms with Crippen molar-refractivity contribution in [3.63, 3.8) is 0 Å². The van der Waals surface area contributed by atoms with E-state index in [1.54, 1.807) is 0 Å². The minimum atomic E-state index is 0.185. The molecule has 1 aliphatic carbocycles. The molecule has 1 fully saturated rings. The van der Waals surface area contributed by atoms with Crippen molar-refractivity contribution >= 4 is 0 Å². The topological polar surface area (TPSA) is 30.5 Å². The smallest absolute Gasteiger partial charge is 0.124 e. The molecule has 1 aromatic carbocycles. The number of ether oxygens (including phenoxy) is 2. The van der Waals surface area contributed by atoms with Crippen molar-refractivity contribution in [2.24, 2.45) is 5.41 Å². The molecule has 0 saturated heterocycles. The van der Waals surface area contributed by atoms with Crippen molar-refractivity contribution in [3.8, 4) is 5.75 Å². The second-order valence-electron chi connectivity index (χ2n) is 6.41. The lowest BCUT2D eigenvalue weighted by Crippen LogP contribution is -2.61. The van der Waals surface area contributed by atoms with Crippen LogP contribution in [0.5, 0.6) is 5.75 Å². The van der Waals surface area contributed by atoms with E-state index in [0.717, 1.165) is 18.8 Å². The highest BCUT2D eigenvalue weighted by molar-refractivity contribution is 5.35. The SMILES string of the molecule is CCOc1ccccc1C(C)NC1CC(OCC)C1(C)C. The molecular formula is C18H29NO2. The third-order valence-electron chi connectivity index (χ3n) is 4.68. The van der Waals surface area contributed by atoms with Crippen LogP contribution in [0.15, 0.2) is 24.3 Å². The van der Waals surface area contributed by atoms with E-state index in [2.05, 4.69) is 45.1 Å². The molecular weight excluding hydrogens is 262 g/mol. The predicted octanol–water partition coefficient (Wildman–Crippen LogP) is 3.94. The Morgan fingerprint density at radius 3 is 2.57 bits per heavy atom. The lowest BCUT2D eigenvalue weighted by Gasteiger charge is -2.52. The van der Waals surface area contributed by atoms with Gasteiger partial charge in [-0.25, -0.2) is 0 Å². The second kappa shape index (κ2) is 6.80. The monoisotopic (exact) mass is 291 g/mol. The zero-order valence-corrected chi connectivity index (χ0v) is 14.0. The molecule has 1 saturated carbocycles. The van der Waals surface area contributed by atoms with Crippen LogP contribution in [-0.4, -0.2) is 25.4 Å². The highest BCUT2D eigenvalue weighted by Gasteiger charge is 2.49. The van der Waals surface area contributed by atoms with Gasteiger partial charge in [-0.3, -0.25) is 0 Å². The molecule has 3 heteroatoms. The summed E-state index contributed by atoms with van der Waals surface area (Å²) in [7, 11) is 0. The molecule has 21 heavy (non-hydrogen) atoms. The van der Waals surface area contributed by atoms with E-state index in [1.807, 2.05) is 19.1 Å². The maximum atomic E-state index is 5.81. The normalized spacial score (nSPS) is 25.2. The van der Waals surface area contributed by atoms with Crippen LogP contribution in [0.2, 0.25) is 0 Å². The standard InChI is InChI=1S/C18H29NO2/c1-6-20-15-11-9-8-10-14(15)13(3)19-16-12-17(21-7-2)18(16,4)5/h8-11,13,16-17,19H,6-7,12H2,1-5H3.